The van der Waals surface area contributed by atoms with Crippen LogP contribution in [0.3, 0.4) is 0 Å². The number of methoxy groups -OCH3 is 1. The molecule has 1 aromatic rings. The molecule has 1 aromatic carbocycles. The van der Waals surface area contributed by atoms with Crippen molar-refractivity contribution in [2.45, 2.75) is 0 Å². The van der Waals surface area contributed by atoms with E-state index in [1.54, 1.807) is 0 Å². The van der Waals surface area contributed by atoms with Crippen molar-refractivity contribution < 1.29 is 9.66 Å². The normalized spacial score (nSPS) is 8.92. The molecule has 0 amide bonds. The first kappa shape index (κ1) is 9.00. The van der Waals surface area contributed by atoms with Crippen LogP contribution >= 0.6 is 0 Å². The van der Waals surface area contributed by atoms with Crippen LogP contribution in [0, 0.1) is 16.7 Å². The van der Waals surface area contributed by atoms with Gasteiger partial charge in [0.2, 0.25) is 0 Å². The SMILES string of the molecule is [C-]#[N+]c1ccc(OC)cc1[N+](=O)[O-]. The minimum Gasteiger partial charge on any atom is -0.497 e. The maximum absolute atomic E-state index is 10.5. The number of hydrogen-bond acceptors (Lipinski definition) is 3. The third-order valence-electron chi connectivity index (χ3n) is 1.50. The van der Waals surface area contributed by atoms with Crippen molar-refractivity contribution in [2.75, 3.05) is 7.11 Å². The fraction of sp³-hybridized carbons (Fsp3) is 0.125. The zero-order chi connectivity index (χ0) is 9.84. The quantitative estimate of drug-likeness (QED) is 0.396. The Kier molecular flexibility index (Phi) is 2.45. The van der Waals surface area contributed by atoms with Crippen LogP contribution in [0.5, 0.6) is 5.75 Å². The number of benzene rings is 1. The number of nitro benzene ring substituents is 1. The molecule has 0 heterocycles. The van der Waals surface area contributed by atoms with Crippen molar-refractivity contribution in [3.05, 3.63) is 39.7 Å². The van der Waals surface area contributed by atoms with E-state index in [4.69, 9.17) is 11.3 Å². The molecule has 0 spiro atoms. The number of nitro groups is 1. The van der Waals surface area contributed by atoms with Crippen molar-refractivity contribution in [3.63, 3.8) is 0 Å². The first-order chi connectivity index (χ1) is 6.19. The lowest BCUT2D eigenvalue weighted by molar-refractivity contribution is -0.383. The molecule has 0 N–H and O–H groups in total. The van der Waals surface area contributed by atoms with Crippen LogP contribution in [0.2, 0.25) is 0 Å². The Morgan fingerprint density at radius 1 is 1.62 bits per heavy atom. The number of nitrogens with zero attached hydrogens (tertiary/aromatic N) is 2. The minimum absolute atomic E-state index is 0.0193. The summed E-state index contributed by atoms with van der Waals surface area (Å²) in [5.74, 6) is 0.374. The Morgan fingerprint density at radius 2 is 2.31 bits per heavy atom. The van der Waals surface area contributed by atoms with Crippen molar-refractivity contribution in [1.29, 1.82) is 0 Å². The third-order valence-corrected chi connectivity index (χ3v) is 1.50. The Labute approximate surface area is 74.5 Å². The molecular weight excluding hydrogens is 172 g/mol. The van der Waals surface area contributed by atoms with Gasteiger partial charge in [-0.15, -0.1) is 0 Å². The van der Waals surface area contributed by atoms with E-state index in [0.29, 0.717) is 5.75 Å². The lowest BCUT2D eigenvalue weighted by Crippen LogP contribution is -1.89. The van der Waals surface area contributed by atoms with Gasteiger partial charge in [-0.3, -0.25) is 10.1 Å². The molecule has 0 saturated carbocycles. The van der Waals surface area contributed by atoms with E-state index in [2.05, 4.69) is 4.85 Å². The van der Waals surface area contributed by atoms with Gasteiger partial charge in [0.1, 0.15) is 5.75 Å². The monoisotopic (exact) mass is 178 g/mol. The van der Waals surface area contributed by atoms with Crippen molar-refractivity contribution in [1.82, 2.24) is 0 Å². The highest BCUT2D eigenvalue weighted by Gasteiger charge is 2.14. The first-order valence-corrected chi connectivity index (χ1v) is 3.39. The smallest absolute Gasteiger partial charge is 0.282 e. The summed E-state index contributed by atoms with van der Waals surface area (Å²) >= 11 is 0. The topological polar surface area (TPSA) is 56.7 Å². The Bertz CT molecular complexity index is 381. The molecule has 0 atom stereocenters. The van der Waals surface area contributed by atoms with Crippen LogP contribution in [0.15, 0.2) is 18.2 Å². The number of hydrogen-bond donors (Lipinski definition) is 0. The molecule has 5 heteroatoms. The lowest BCUT2D eigenvalue weighted by Gasteiger charge is -1.99. The summed E-state index contributed by atoms with van der Waals surface area (Å²) in [6.45, 7) is 6.69. The highest BCUT2D eigenvalue weighted by molar-refractivity contribution is 5.64. The summed E-state index contributed by atoms with van der Waals surface area (Å²) in [6.07, 6.45) is 0. The second kappa shape index (κ2) is 3.54. The van der Waals surface area contributed by atoms with E-state index in [1.807, 2.05) is 0 Å². The molecule has 1 rings (SSSR count). The van der Waals surface area contributed by atoms with Crippen LogP contribution in [0.25, 0.3) is 4.85 Å². The standard InChI is InChI=1S/C8H6N2O3/c1-9-7-4-3-6(13-2)5-8(7)10(11)12/h3-5H,2H3. The Morgan fingerprint density at radius 3 is 2.77 bits per heavy atom. The van der Waals surface area contributed by atoms with Crippen molar-refractivity contribution in [3.8, 4) is 5.75 Å². The Balaban J connectivity index is 3.28. The summed E-state index contributed by atoms with van der Waals surface area (Å²) < 4.78 is 4.80. The van der Waals surface area contributed by atoms with Gasteiger partial charge >= 0.3 is 0 Å². The molecular formula is C8H6N2O3. The van der Waals surface area contributed by atoms with Crippen LogP contribution in [0.1, 0.15) is 0 Å². The summed E-state index contributed by atoms with van der Waals surface area (Å²) in [7, 11) is 1.41. The van der Waals surface area contributed by atoms with Crippen molar-refractivity contribution in [2.24, 2.45) is 0 Å². The molecule has 0 radical (unpaired) electrons. The van der Waals surface area contributed by atoms with Gasteiger partial charge in [-0.2, -0.15) is 0 Å². The van der Waals surface area contributed by atoms with Crippen LogP contribution in [0.4, 0.5) is 11.4 Å². The average molecular weight is 178 g/mol. The molecule has 0 saturated heterocycles. The molecule has 0 aliphatic heterocycles. The molecule has 5 nitrogen and oxygen atoms in total. The van der Waals surface area contributed by atoms with E-state index in [1.165, 1.54) is 25.3 Å². The summed E-state index contributed by atoms with van der Waals surface area (Å²) in [6, 6.07) is 4.11. The zero-order valence-corrected chi connectivity index (χ0v) is 6.85. The van der Waals surface area contributed by atoms with Crippen molar-refractivity contribution >= 4 is 11.4 Å². The van der Waals surface area contributed by atoms with E-state index in [0.717, 1.165) is 0 Å². The van der Waals surface area contributed by atoms with Gasteiger partial charge in [0.15, 0.2) is 0 Å². The predicted octanol–water partition coefficient (Wildman–Crippen LogP) is 2.15. The highest BCUT2D eigenvalue weighted by Crippen LogP contribution is 2.30. The highest BCUT2D eigenvalue weighted by atomic mass is 16.6. The summed E-state index contributed by atoms with van der Waals surface area (Å²) in [5.41, 5.74) is -0.208. The fourth-order valence-corrected chi connectivity index (χ4v) is 0.871. The van der Waals surface area contributed by atoms with E-state index >= 15 is 0 Å². The lowest BCUT2D eigenvalue weighted by atomic mass is 10.2. The first-order valence-electron chi connectivity index (χ1n) is 3.39. The van der Waals surface area contributed by atoms with E-state index in [-0.39, 0.29) is 11.4 Å². The van der Waals surface area contributed by atoms with Gasteiger partial charge in [-0.25, -0.2) is 4.85 Å². The predicted molar refractivity (Wildman–Crippen MR) is 45.9 cm³/mol. The maximum atomic E-state index is 10.5. The van der Waals surface area contributed by atoms with Gasteiger partial charge < -0.3 is 4.74 Å². The molecule has 0 fully saturated rings. The van der Waals surface area contributed by atoms with Crippen LogP contribution in [-0.4, -0.2) is 12.0 Å². The fourth-order valence-electron chi connectivity index (χ4n) is 0.871. The van der Waals surface area contributed by atoms with Gasteiger partial charge in [-0.05, 0) is 12.1 Å². The van der Waals surface area contributed by atoms with Crippen LogP contribution < -0.4 is 4.74 Å². The summed E-state index contributed by atoms with van der Waals surface area (Å²) in [4.78, 5) is 12.9. The molecule has 0 bridgehead atoms. The average Bonchev–Trinajstić information content (AvgIpc) is 2.16. The van der Waals surface area contributed by atoms with Crippen LogP contribution in [-0.2, 0) is 0 Å². The molecule has 0 aliphatic rings. The molecule has 66 valence electrons. The molecule has 0 aromatic heterocycles. The molecule has 0 aliphatic carbocycles. The third kappa shape index (κ3) is 1.73. The van der Waals surface area contributed by atoms with Gasteiger partial charge in [0.05, 0.1) is 18.6 Å². The van der Waals surface area contributed by atoms with Gasteiger partial charge in [-0.1, -0.05) is 0 Å². The number of ether oxygens (including phenoxy) is 1. The molecule has 0 unspecified atom stereocenters. The van der Waals surface area contributed by atoms with Gasteiger partial charge in [0.25, 0.3) is 11.4 Å². The Hall–Kier alpha value is -2.09. The van der Waals surface area contributed by atoms with E-state index < -0.39 is 4.92 Å². The second-order valence-electron chi connectivity index (χ2n) is 2.22. The molecule has 13 heavy (non-hydrogen) atoms. The number of rotatable bonds is 2. The largest absolute Gasteiger partial charge is 0.497 e. The van der Waals surface area contributed by atoms with E-state index in [9.17, 15) is 10.1 Å². The maximum Gasteiger partial charge on any atom is 0.282 e. The zero-order valence-electron chi connectivity index (χ0n) is 6.85. The second-order valence-corrected chi connectivity index (χ2v) is 2.22. The minimum atomic E-state index is -0.601. The summed E-state index contributed by atoms with van der Waals surface area (Å²) in [5, 5.41) is 10.5. The van der Waals surface area contributed by atoms with Gasteiger partial charge in [0, 0.05) is 6.07 Å².